The fourth-order valence-electron chi connectivity index (χ4n) is 1.35. The molecule has 0 spiro atoms. The Hall–Kier alpha value is -1.46. The first-order chi connectivity index (χ1) is 7.60. The summed E-state index contributed by atoms with van der Waals surface area (Å²) in [6.07, 6.45) is 5.20. The van der Waals surface area contributed by atoms with Crippen LogP contribution in [0.1, 0.15) is 22.8 Å². The summed E-state index contributed by atoms with van der Waals surface area (Å²) in [5.74, 6) is 2.39. The molecule has 84 valence electrons. The molecule has 0 atom stereocenters. The van der Waals surface area contributed by atoms with Crippen LogP contribution in [0.5, 0.6) is 0 Å². The molecule has 1 aromatic rings. The highest BCUT2D eigenvalue weighted by Crippen LogP contribution is 2.17. The molecule has 1 rings (SSSR count). The fraction of sp³-hybridized carbons (Fsp3) is 0.308. The Morgan fingerprint density at radius 1 is 1.56 bits per heavy atom. The van der Waals surface area contributed by atoms with Crippen molar-refractivity contribution in [3.05, 3.63) is 34.3 Å². The van der Waals surface area contributed by atoms with Crippen molar-refractivity contribution in [1.82, 2.24) is 4.90 Å². The third-order valence-corrected chi connectivity index (χ3v) is 2.78. The highest BCUT2D eigenvalue weighted by molar-refractivity contribution is 6.31. The number of carbonyl (C=O) groups excluding carboxylic acids is 1. The average Bonchev–Trinajstić information content (AvgIpc) is 2.28. The van der Waals surface area contributed by atoms with E-state index < -0.39 is 0 Å². The van der Waals surface area contributed by atoms with E-state index in [-0.39, 0.29) is 5.91 Å². The van der Waals surface area contributed by atoms with Gasteiger partial charge < -0.3 is 4.90 Å². The molecule has 16 heavy (non-hydrogen) atoms. The second-order valence-corrected chi connectivity index (χ2v) is 3.89. The Morgan fingerprint density at radius 2 is 2.25 bits per heavy atom. The number of benzene rings is 1. The number of terminal acetylenes is 1. The molecular formula is C13H14ClNO. The van der Waals surface area contributed by atoms with E-state index in [0.717, 1.165) is 5.56 Å². The highest BCUT2D eigenvalue weighted by Gasteiger charge is 2.13. The lowest BCUT2D eigenvalue weighted by atomic mass is 10.1. The zero-order valence-electron chi connectivity index (χ0n) is 9.46. The summed E-state index contributed by atoms with van der Waals surface area (Å²) < 4.78 is 0. The van der Waals surface area contributed by atoms with Gasteiger partial charge in [-0.2, -0.15) is 0 Å². The normalized spacial score (nSPS) is 9.62. The third kappa shape index (κ3) is 2.77. The van der Waals surface area contributed by atoms with Crippen molar-refractivity contribution in [1.29, 1.82) is 0 Å². The Morgan fingerprint density at radius 3 is 2.75 bits per heavy atom. The Bertz CT molecular complexity index is 434. The van der Waals surface area contributed by atoms with Gasteiger partial charge in [0.15, 0.2) is 0 Å². The van der Waals surface area contributed by atoms with Crippen molar-refractivity contribution >= 4 is 17.5 Å². The molecule has 0 saturated carbocycles. The van der Waals surface area contributed by atoms with Gasteiger partial charge in [0, 0.05) is 17.1 Å². The summed E-state index contributed by atoms with van der Waals surface area (Å²) in [6.45, 7) is 4.70. The average molecular weight is 236 g/mol. The highest BCUT2D eigenvalue weighted by atomic mass is 35.5. The second kappa shape index (κ2) is 5.58. The number of halogens is 1. The van der Waals surface area contributed by atoms with E-state index in [4.69, 9.17) is 18.0 Å². The monoisotopic (exact) mass is 235 g/mol. The zero-order chi connectivity index (χ0) is 12.1. The third-order valence-electron chi connectivity index (χ3n) is 2.37. The first-order valence-electron chi connectivity index (χ1n) is 5.09. The maximum Gasteiger partial charge on any atom is 0.254 e. The van der Waals surface area contributed by atoms with Crippen molar-refractivity contribution in [2.45, 2.75) is 13.8 Å². The molecule has 0 aromatic heterocycles. The Labute approximate surface area is 101 Å². The standard InChI is InChI=1S/C13H14ClNO/c1-4-8-15(5-2)13(16)11-7-6-10(3)12(14)9-11/h1,6-7,9H,5,8H2,2-3H3. The number of amides is 1. The van der Waals surface area contributed by atoms with Crippen molar-refractivity contribution in [2.24, 2.45) is 0 Å². The van der Waals surface area contributed by atoms with Gasteiger partial charge in [0.2, 0.25) is 0 Å². The minimum Gasteiger partial charge on any atom is -0.328 e. The maximum absolute atomic E-state index is 12.0. The number of rotatable bonds is 3. The first kappa shape index (κ1) is 12.6. The van der Waals surface area contributed by atoms with Crippen molar-refractivity contribution in [3.63, 3.8) is 0 Å². The first-order valence-corrected chi connectivity index (χ1v) is 5.46. The van der Waals surface area contributed by atoms with Crippen molar-refractivity contribution < 1.29 is 4.79 Å². The minimum absolute atomic E-state index is 0.0812. The number of hydrogen-bond donors (Lipinski definition) is 0. The predicted octanol–water partition coefficient (Wildman–Crippen LogP) is 2.74. The van der Waals surface area contributed by atoms with Gasteiger partial charge in [0.1, 0.15) is 0 Å². The molecule has 0 radical (unpaired) electrons. The van der Waals surface area contributed by atoms with Gasteiger partial charge in [-0.3, -0.25) is 4.79 Å². The number of nitrogens with zero attached hydrogens (tertiary/aromatic N) is 1. The molecule has 0 heterocycles. The molecule has 2 nitrogen and oxygen atoms in total. The lowest BCUT2D eigenvalue weighted by Crippen LogP contribution is -2.31. The topological polar surface area (TPSA) is 20.3 Å². The van der Waals surface area contributed by atoms with E-state index >= 15 is 0 Å². The van der Waals surface area contributed by atoms with Gasteiger partial charge in [-0.15, -0.1) is 6.42 Å². The van der Waals surface area contributed by atoms with Crippen molar-refractivity contribution in [2.75, 3.05) is 13.1 Å². The molecule has 1 amide bonds. The number of carbonyl (C=O) groups is 1. The van der Waals surface area contributed by atoms with Crippen LogP contribution in [0.15, 0.2) is 18.2 Å². The van der Waals surface area contributed by atoms with E-state index in [2.05, 4.69) is 5.92 Å². The van der Waals surface area contributed by atoms with Crippen LogP contribution in [0.3, 0.4) is 0 Å². The molecule has 0 N–H and O–H groups in total. The van der Waals surface area contributed by atoms with E-state index in [1.807, 2.05) is 19.9 Å². The molecular weight excluding hydrogens is 222 g/mol. The summed E-state index contributed by atoms with van der Waals surface area (Å²) >= 11 is 5.97. The SMILES string of the molecule is C#CCN(CC)C(=O)c1ccc(C)c(Cl)c1. The predicted molar refractivity (Wildman–Crippen MR) is 66.6 cm³/mol. The largest absolute Gasteiger partial charge is 0.328 e. The number of hydrogen-bond acceptors (Lipinski definition) is 1. The van der Waals surface area contributed by atoms with Crippen LogP contribution in [0.25, 0.3) is 0 Å². The van der Waals surface area contributed by atoms with Crippen LogP contribution in [0.4, 0.5) is 0 Å². The quantitative estimate of drug-likeness (QED) is 0.738. The van der Waals surface area contributed by atoms with Crippen LogP contribution >= 0.6 is 11.6 Å². The van der Waals surface area contributed by atoms with Crippen LogP contribution in [0.2, 0.25) is 5.02 Å². The molecule has 0 fully saturated rings. The summed E-state index contributed by atoms with van der Waals surface area (Å²) in [4.78, 5) is 13.6. The van der Waals surface area contributed by atoms with E-state index in [0.29, 0.717) is 23.7 Å². The lowest BCUT2D eigenvalue weighted by molar-refractivity contribution is 0.0785. The summed E-state index contributed by atoms with van der Waals surface area (Å²) in [7, 11) is 0. The summed E-state index contributed by atoms with van der Waals surface area (Å²) in [6, 6.07) is 5.28. The number of aryl methyl sites for hydroxylation is 1. The van der Waals surface area contributed by atoms with Crippen LogP contribution in [-0.2, 0) is 0 Å². The van der Waals surface area contributed by atoms with Gasteiger partial charge in [0.25, 0.3) is 5.91 Å². The second-order valence-electron chi connectivity index (χ2n) is 3.49. The molecule has 1 aromatic carbocycles. The smallest absolute Gasteiger partial charge is 0.254 e. The molecule has 0 unspecified atom stereocenters. The molecule has 3 heteroatoms. The van der Waals surface area contributed by atoms with Gasteiger partial charge in [0.05, 0.1) is 6.54 Å². The van der Waals surface area contributed by atoms with E-state index in [1.165, 1.54) is 0 Å². The molecule has 0 aliphatic carbocycles. The van der Waals surface area contributed by atoms with Crippen LogP contribution in [0, 0.1) is 19.3 Å². The van der Waals surface area contributed by atoms with Crippen LogP contribution < -0.4 is 0 Å². The Balaban J connectivity index is 2.95. The van der Waals surface area contributed by atoms with Gasteiger partial charge in [-0.1, -0.05) is 23.6 Å². The van der Waals surface area contributed by atoms with E-state index in [1.54, 1.807) is 17.0 Å². The van der Waals surface area contributed by atoms with Gasteiger partial charge in [-0.25, -0.2) is 0 Å². The molecule has 0 bridgehead atoms. The lowest BCUT2D eigenvalue weighted by Gasteiger charge is -2.18. The van der Waals surface area contributed by atoms with Gasteiger partial charge in [-0.05, 0) is 31.5 Å². The minimum atomic E-state index is -0.0812. The van der Waals surface area contributed by atoms with Gasteiger partial charge >= 0.3 is 0 Å². The zero-order valence-corrected chi connectivity index (χ0v) is 10.2. The summed E-state index contributed by atoms with van der Waals surface area (Å²) in [5, 5.41) is 0.600. The van der Waals surface area contributed by atoms with Crippen molar-refractivity contribution in [3.8, 4) is 12.3 Å². The van der Waals surface area contributed by atoms with E-state index in [9.17, 15) is 4.79 Å². The molecule has 0 aliphatic heterocycles. The Kier molecular flexibility index (Phi) is 4.39. The van der Waals surface area contributed by atoms with Crippen LogP contribution in [-0.4, -0.2) is 23.9 Å². The molecule has 0 aliphatic rings. The maximum atomic E-state index is 12.0. The fourth-order valence-corrected chi connectivity index (χ4v) is 1.53. The summed E-state index contributed by atoms with van der Waals surface area (Å²) in [5.41, 5.74) is 1.53. The molecule has 0 saturated heterocycles.